The summed E-state index contributed by atoms with van der Waals surface area (Å²) in [6, 6.07) is 5.44. The predicted molar refractivity (Wildman–Crippen MR) is 181 cm³/mol. The Morgan fingerprint density at radius 3 is 1.75 bits per heavy atom. The molecule has 248 valence electrons. The van der Waals surface area contributed by atoms with Gasteiger partial charge < -0.3 is 9.34 Å². The van der Waals surface area contributed by atoms with Crippen LogP contribution in [-0.4, -0.2) is 45.5 Å². The number of carbonyl (C=O) groups is 1. The smallest absolute Gasteiger partial charge is 0.481 e. The average Bonchev–Trinajstić information content (AvgIpc) is 3.14. The van der Waals surface area contributed by atoms with Crippen molar-refractivity contribution >= 4 is 49.0 Å². The van der Waals surface area contributed by atoms with Crippen molar-refractivity contribution < 1.29 is 31.5 Å². The molecule has 0 aliphatic heterocycles. The van der Waals surface area contributed by atoms with Crippen LogP contribution < -0.4 is 4.72 Å². The van der Waals surface area contributed by atoms with Gasteiger partial charge in [0.05, 0.1) is 0 Å². The van der Waals surface area contributed by atoms with Gasteiger partial charge in [-0.2, -0.15) is 21.6 Å². The fraction of sp³-hybridized carbons (Fsp3) is 0.656. The van der Waals surface area contributed by atoms with Crippen molar-refractivity contribution in [2.75, 3.05) is 4.72 Å². The Kier molecular flexibility index (Phi) is 11.8. The van der Waals surface area contributed by atoms with E-state index >= 15 is 0 Å². The summed E-state index contributed by atoms with van der Waals surface area (Å²) in [6.45, 7) is 25.3. The molecule has 12 heteroatoms. The number of fused-ring (bicyclic) bond motifs is 1. The van der Waals surface area contributed by atoms with Crippen molar-refractivity contribution in [1.82, 2.24) is 4.23 Å². The number of hydrogen-bond donors (Lipinski definition) is 2. The number of aromatic nitrogens is 1. The zero-order chi connectivity index (χ0) is 34.2. The van der Waals surface area contributed by atoms with Crippen LogP contribution >= 0.6 is 0 Å². The van der Waals surface area contributed by atoms with E-state index < -0.39 is 37.8 Å². The summed E-state index contributed by atoms with van der Waals surface area (Å²) in [5.41, 5.74) is 0.540. The highest BCUT2D eigenvalue weighted by molar-refractivity contribution is 7.93. The van der Waals surface area contributed by atoms with E-state index in [1.807, 2.05) is 68.7 Å². The number of aliphatic carboxylic acids is 1. The molecule has 0 spiro atoms. The number of hydrogen-bond acceptors (Lipinski definition) is 3. The highest BCUT2D eigenvalue weighted by Gasteiger charge is 2.51. The molecule has 0 fully saturated rings. The van der Waals surface area contributed by atoms with Gasteiger partial charge in [-0.25, -0.2) is 0 Å². The number of halogens is 3. The van der Waals surface area contributed by atoms with E-state index in [0.717, 1.165) is 0 Å². The topological polar surface area (TPSA) is 88.4 Å². The average molecular weight is 673 g/mol. The molecule has 2 rings (SSSR count). The molecule has 1 aromatic carbocycles. The number of sulfonamides is 1. The van der Waals surface area contributed by atoms with Crippen LogP contribution in [0.1, 0.15) is 101 Å². The Morgan fingerprint density at radius 2 is 1.36 bits per heavy atom. The van der Waals surface area contributed by atoms with Crippen molar-refractivity contribution in [1.29, 1.82) is 0 Å². The monoisotopic (exact) mass is 672 g/mol. The Labute approximate surface area is 264 Å². The number of nitrogens with zero attached hydrogens (tertiary/aromatic N) is 1. The molecule has 0 unspecified atom stereocenters. The first-order chi connectivity index (χ1) is 20.0. The van der Waals surface area contributed by atoms with Gasteiger partial charge in [0.1, 0.15) is 13.9 Å². The molecule has 44 heavy (non-hydrogen) atoms. The van der Waals surface area contributed by atoms with Crippen molar-refractivity contribution in [2.24, 2.45) is 0 Å². The second-order valence-electron chi connectivity index (χ2n) is 13.8. The lowest BCUT2D eigenvalue weighted by molar-refractivity contribution is -0.136. The Morgan fingerprint density at radius 1 is 0.886 bits per heavy atom. The Bertz CT molecular complexity index is 1470. The molecule has 0 saturated carbocycles. The van der Waals surface area contributed by atoms with E-state index in [1.54, 1.807) is 0 Å². The van der Waals surface area contributed by atoms with E-state index in [0.29, 0.717) is 33.1 Å². The van der Waals surface area contributed by atoms with E-state index in [2.05, 4.69) is 53.0 Å². The SMILES string of the molecule is CC(C)[Si](C#Cc1cccc2c1c(CCC(=O)O)c(NS(=O)(=O)C(F)(F)F)n2[Si](C(C)C)(C(C)C)C(C)C)(C(C)C)C(C)C. The second-order valence-corrected chi connectivity index (χ2v) is 26.7. The fourth-order valence-corrected chi connectivity index (χ4v) is 20.7. The highest BCUT2D eigenvalue weighted by atomic mass is 32.2. The predicted octanol–water partition coefficient (Wildman–Crippen LogP) is 9.51. The molecule has 6 nitrogen and oxygen atoms in total. The number of alkyl halides is 3. The second kappa shape index (κ2) is 13.6. The largest absolute Gasteiger partial charge is 0.516 e. The quantitative estimate of drug-likeness (QED) is 0.174. The van der Waals surface area contributed by atoms with Gasteiger partial charge in [-0.1, -0.05) is 95.1 Å². The molecule has 0 amide bonds. The van der Waals surface area contributed by atoms with Crippen LogP contribution in [0.5, 0.6) is 0 Å². The van der Waals surface area contributed by atoms with Crippen molar-refractivity contribution in [3.05, 3.63) is 29.3 Å². The first kappa shape index (κ1) is 37.9. The number of carboxylic acid groups (broad SMARTS) is 1. The lowest BCUT2D eigenvalue weighted by Gasteiger charge is -2.45. The summed E-state index contributed by atoms with van der Waals surface area (Å²) in [4.78, 5) is 11.8. The maximum absolute atomic E-state index is 13.9. The number of nitrogens with one attached hydrogen (secondary N) is 1. The highest BCUT2D eigenvalue weighted by Crippen LogP contribution is 2.49. The van der Waals surface area contributed by atoms with Crippen LogP contribution in [0, 0.1) is 11.5 Å². The molecule has 2 N–H and O–H groups in total. The molecule has 0 radical (unpaired) electrons. The van der Waals surface area contributed by atoms with Crippen molar-refractivity contribution in [3.63, 3.8) is 0 Å². The summed E-state index contributed by atoms with van der Waals surface area (Å²) in [5, 5.41) is 10.2. The molecule has 0 aliphatic rings. The minimum Gasteiger partial charge on any atom is -0.481 e. The van der Waals surface area contributed by atoms with Crippen LogP contribution in [0.25, 0.3) is 10.9 Å². The minimum atomic E-state index is -5.83. The molecule has 2 aromatic rings. The van der Waals surface area contributed by atoms with Gasteiger partial charge in [-0.05, 0) is 51.8 Å². The van der Waals surface area contributed by atoms with E-state index in [1.165, 1.54) is 0 Å². The first-order valence-corrected chi connectivity index (χ1v) is 21.4. The molecule has 0 saturated heterocycles. The van der Waals surface area contributed by atoms with Crippen LogP contribution in [0.15, 0.2) is 18.2 Å². The fourth-order valence-electron chi connectivity index (χ4n) is 8.07. The minimum absolute atomic E-state index is 0.00261. The molecule has 0 aliphatic carbocycles. The van der Waals surface area contributed by atoms with Crippen molar-refractivity contribution in [3.8, 4) is 11.5 Å². The summed E-state index contributed by atoms with van der Waals surface area (Å²) in [6.07, 6.45) is -0.545. The molecule has 1 heterocycles. The van der Waals surface area contributed by atoms with Crippen LogP contribution in [0.2, 0.25) is 33.2 Å². The zero-order valence-electron chi connectivity index (χ0n) is 28.3. The van der Waals surface area contributed by atoms with Gasteiger partial charge >= 0.3 is 21.5 Å². The lowest BCUT2D eigenvalue weighted by atomic mass is 10.0. The summed E-state index contributed by atoms with van der Waals surface area (Å²) < 4.78 is 71.1. The summed E-state index contributed by atoms with van der Waals surface area (Å²) in [5.74, 6) is 2.12. The third-order valence-corrected chi connectivity index (χ3v) is 23.8. The van der Waals surface area contributed by atoms with Gasteiger partial charge in [0.15, 0.2) is 8.24 Å². The molecule has 0 bridgehead atoms. The van der Waals surface area contributed by atoms with Crippen LogP contribution in [-0.2, 0) is 21.2 Å². The van der Waals surface area contributed by atoms with E-state index in [9.17, 15) is 31.5 Å². The number of rotatable bonds is 12. The van der Waals surface area contributed by atoms with Crippen LogP contribution in [0.4, 0.5) is 19.0 Å². The molecular weight excluding hydrogens is 622 g/mol. The lowest BCUT2D eigenvalue weighted by Crippen LogP contribution is -2.52. The normalized spacial score (nSPS) is 13.6. The third-order valence-electron chi connectivity index (χ3n) is 9.66. The number of anilines is 1. The number of aryl methyl sites for hydroxylation is 1. The zero-order valence-corrected chi connectivity index (χ0v) is 31.1. The van der Waals surface area contributed by atoms with Crippen LogP contribution in [0.3, 0.4) is 0 Å². The van der Waals surface area contributed by atoms with E-state index in [-0.39, 0.29) is 40.8 Å². The third kappa shape index (κ3) is 6.65. The van der Waals surface area contributed by atoms with Gasteiger partial charge in [0.2, 0.25) is 0 Å². The first-order valence-electron chi connectivity index (χ1n) is 15.5. The Balaban J connectivity index is 3.33. The molecular formula is C32H51F3N2O4SSi2. The van der Waals surface area contributed by atoms with Gasteiger partial charge in [0.25, 0.3) is 0 Å². The number of benzene rings is 1. The summed E-state index contributed by atoms with van der Waals surface area (Å²) >= 11 is 0. The van der Waals surface area contributed by atoms with Gasteiger partial charge in [-0.15, -0.1) is 5.54 Å². The maximum atomic E-state index is 13.9. The standard InChI is InChI=1S/C32H51F3N2O4SSi2/c1-20(2)43(21(3)4,22(5)6)19-18-26-14-13-15-28-30(26)27(16-17-29(38)39)31(36-42(40,41)32(33,34)35)37(28)44(23(7)8,24(9)10)25(11)12/h13-15,20-25,36H,16-17H2,1-12H3,(H,38,39). The Hall–Kier alpha value is -2.24. The summed E-state index contributed by atoms with van der Waals surface area (Å²) in [7, 11) is -11.0. The maximum Gasteiger partial charge on any atom is 0.516 e. The van der Waals surface area contributed by atoms with Gasteiger partial charge in [0, 0.05) is 28.5 Å². The van der Waals surface area contributed by atoms with E-state index in [4.69, 9.17) is 0 Å². The molecule has 0 atom stereocenters. The van der Waals surface area contributed by atoms with Gasteiger partial charge in [-0.3, -0.25) is 9.52 Å². The molecule has 1 aromatic heterocycles. The number of carboxylic acids is 1. The van der Waals surface area contributed by atoms with Crippen molar-refractivity contribution in [2.45, 2.75) is 135 Å².